The summed E-state index contributed by atoms with van der Waals surface area (Å²) in [5, 5.41) is 9.07. The molecule has 5 nitrogen and oxygen atoms in total. The Morgan fingerprint density at radius 1 is 1.35 bits per heavy atom. The molecule has 4 rings (SSSR count). The first-order valence-electron chi connectivity index (χ1n) is 9.27. The minimum atomic E-state index is -0.0706. The van der Waals surface area contributed by atoms with E-state index in [0.717, 1.165) is 6.54 Å². The Morgan fingerprint density at radius 3 is 2.85 bits per heavy atom. The van der Waals surface area contributed by atoms with Gasteiger partial charge in [0.1, 0.15) is 0 Å². The number of thiazole rings is 1. The molecule has 2 aliphatic heterocycles. The van der Waals surface area contributed by atoms with E-state index in [1.807, 2.05) is 10.3 Å². The van der Waals surface area contributed by atoms with Gasteiger partial charge in [-0.1, -0.05) is 32.9 Å². The Morgan fingerprint density at radius 2 is 2.19 bits per heavy atom. The summed E-state index contributed by atoms with van der Waals surface area (Å²) in [6.07, 6.45) is 4.09. The van der Waals surface area contributed by atoms with Crippen molar-refractivity contribution in [3.8, 4) is 0 Å². The predicted octanol–water partition coefficient (Wildman–Crippen LogP) is 4.41. The van der Waals surface area contributed by atoms with Crippen molar-refractivity contribution in [2.75, 3.05) is 11.9 Å². The molecule has 6 heteroatoms. The summed E-state index contributed by atoms with van der Waals surface area (Å²) in [5.74, 6) is 0. The number of hydrogen-bond acceptors (Lipinski definition) is 4. The Balaban J connectivity index is 1.63. The predicted molar refractivity (Wildman–Crippen MR) is 105 cm³/mol. The lowest BCUT2D eigenvalue weighted by molar-refractivity contribution is 0.212. The van der Waals surface area contributed by atoms with Crippen LogP contribution in [0.4, 0.5) is 9.93 Å². The molecule has 138 valence electrons. The van der Waals surface area contributed by atoms with Gasteiger partial charge in [0.05, 0.1) is 0 Å². The number of amides is 2. The van der Waals surface area contributed by atoms with Gasteiger partial charge in [-0.05, 0) is 47.1 Å². The minimum absolute atomic E-state index is 0.0706. The number of rotatable bonds is 2. The highest BCUT2D eigenvalue weighted by Gasteiger charge is 2.31. The van der Waals surface area contributed by atoms with Crippen molar-refractivity contribution < 1.29 is 4.79 Å². The van der Waals surface area contributed by atoms with Crippen LogP contribution in [0.3, 0.4) is 0 Å². The molecule has 2 N–H and O–H groups in total. The maximum atomic E-state index is 12.7. The Hall–Kier alpha value is -1.92. The number of carbonyl (C=O) groups is 1. The second-order valence-electron chi connectivity index (χ2n) is 8.23. The number of fused-ring (bicyclic) bond motifs is 1. The van der Waals surface area contributed by atoms with Crippen LogP contribution in [0.15, 0.2) is 23.7 Å². The lowest BCUT2D eigenvalue weighted by atomic mass is 9.82. The van der Waals surface area contributed by atoms with Crippen LogP contribution in [0.2, 0.25) is 0 Å². The lowest BCUT2D eigenvalue weighted by Gasteiger charge is -2.24. The van der Waals surface area contributed by atoms with Crippen molar-refractivity contribution in [1.82, 2.24) is 15.2 Å². The number of benzene rings is 1. The van der Waals surface area contributed by atoms with E-state index in [-0.39, 0.29) is 11.4 Å². The van der Waals surface area contributed by atoms with Crippen LogP contribution in [-0.2, 0) is 18.5 Å². The quantitative estimate of drug-likeness (QED) is 0.823. The summed E-state index contributed by atoms with van der Waals surface area (Å²) in [6.45, 7) is 9.17. The van der Waals surface area contributed by atoms with Crippen molar-refractivity contribution in [3.63, 3.8) is 0 Å². The summed E-state index contributed by atoms with van der Waals surface area (Å²) in [7, 11) is 0. The zero-order chi connectivity index (χ0) is 18.3. The van der Waals surface area contributed by atoms with Gasteiger partial charge in [-0.2, -0.15) is 0 Å². The van der Waals surface area contributed by atoms with Gasteiger partial charge in [-0.25, -0.2) is 9.78 Å². The smallest absolute Gasteiger partial charge is 0.316 e. The molecule has 1 aromatic heterocycles. The van der Waals surface area contributed by atoms with Gasteiger partial charge in [0.2, 0.25) is 0 Å². The summed E-state index contributed by atoms with van der Waals surface area (Å²) in [4.78, 5) is 18.7. The highest BCUT2D eigenvalue weighted by Crippen LogP contribution is 2.37. The number of carbonyl (C=O) groups excluding carboxylic acids is 1. The van der Waals surface area contributed by atoms with Gasteiger partial charge >= 0.3 is 6.03 Å². The molecule has 2 amide bonds. The van der Waals surface area contributed by atoms with Crippen LogP contribution in [0, 0.1) is 0 Å². The van der Waals surface area contributed by atoms with Gasteiger partial charge in [-0.3, -0.25) is 5.32 Å². The average molecular weight is 371 g/mol. The highest BCUT2D eigenvalue weighted by molar-refractivity contribution is 7.13. The fraction of sp³-hybridized carbons (Fsp3) is 0.500. The van der Waals surface area contributed by atoms with E-state index in [0.29, 0.717) is 24.3 Å². The molecule has 1 saturated heterocycles. The van der Waals surface area contributed by atoms with E-state index in [2.05, 4.69) is 48.5 Å². The maximum absolute atomic E-state index is 12.7. The van der Waals surface area contributed by atoms with Crippen LogP contribution in [0.25, 0.3) is 0 Å². The molecule has 1 fully saturated rings. The Labute approximate surface area is 158 Å². The first kappa shape index (κ1) is 17.5. The molecule has 0 unspecified atom stereocenters. The highest BCUT2D eigenvalue weighted by atomic mass is 32.1. The molecular formula is C20H26N4OS. The first-order chi connectivity index (χ1) is 12.4. The Bertz CT molecular complexity index is 804. The molecule has 1 atom stereocenters. The van der Waals surface area contributed by atoms with Crippen LogP contribution < -0.4 is 10.6 Å². The van der Waals surface area contributed by atoms with Crippen molar-refractivity contribution in [3.05, 3.63) is 46.0 Å². The third-order valence-corrected chi connectivity index (χ3v) is 6.01. The van der Waals surface area contributed by atoms with E-state index >= 15 is 0 Å². The van der Waals surface area contributed by atoms with Crippen LogP contribution in [0.1, 0.15) is 61.9 Å². The van der Waals surface area contributed by atoms with Gasteiger partial charge < -0.3 is 10.2 Å². The zero-order valence-electron chi connectivity index (χ0n) is 15.6. The minimum Gasteiger partial charge on any atom is -0.316 e. The molecule has 2 aliphatic rings. The van der Waals surface area contributed by atoms with Crippen molar-refractivity contribution >= 4 is 22.5 Å². The molecule has 0 saturated carbocycles. The number of urea groups is 1. The van der Waals surface area contributed by atoms with Gasteiger partial charge in [-0.15, -0.1) is 11.3 Å². The lowest BCUT2D eigenvalue weighted by Crippen LogP contribution is -2.30. The van der Waals surface area contributed by atoms with Crippen molar-refractivity contribution in [2.24, 2.45) is 0 Å². The summed E-state index contributed by atoms with van der Waals surface area (Å²) < 4.78 is 0. The van der Waals surface area contributed by atoms with E-state index < -0.39 is 0 Å². The molecular weight excluding hydrogens is 344 g/mol. The number of anilines is 1. The molecule has 0 bridgehead atoms. The number of aromatic nitrogens is 1. The second-order valence-corrected chi connectivity index (χ2v) is 9.12. The molecule has 0 radical (unpaired) electrons. The van der Waals surface area contributed by atoms with Crippen LogP contribution >= 0.6 is 11.3 Å². The molecule has 26 heavy (non-hydrogen) atoms. The van der Waals surface area contributed by atoms with Gasteiger partial charge in [0.25, 0.3) is 0 Å². The van der Waals surface area contributed by atoms with E-state index in [1.54, 1.807) is 6.20 Å². The van der Waals surface area contributed by atoms with Gasteiger partial charge in [0.15, 0.2) is 5.13 Å². The Kier molecular flexibility index (Phi) is 4.49. The molecule has 1 aromatic carbocycles. The SMILES string of the molecule is CC(C)(C)c1cc2c(c([C@@H]3CCCN3)c1)CN(C(=O)Nc1nccs1)C2. The second kappa shape index (κ2) is 6.67. The molecule has 3 heterocycles. The number of nitrogens with zero attached hydrogens (tertiary/aromatic N) is 2. The summed E-state index contributed by atoms with van der Waals surface area (Å²) in [5.41, 5.74) is 5.44. The van der Waals surface area contributed by atoms with E-state index in [4.69, 9.17) is 0 Å². The van der Waals surface area contributed by atoms with Crippen molar-refractivity contribution in [1.29, 1.82) is 0 Å². The first-order valence-corrected chi connectivity index (χ1v) is 10.1. The average Bonchev–Trinajstić information content (AvgIpc) is 3.33. The number of hydrogen-bond donors (Lipinski definition) is 2. The fourth-order valence-electron chi connectivity index (χ4n) is 3.84. The third kappa shape index (κ3) is 3.35. The van der Waals surface area contributed by atoms with Gasteiger partial charge in [0, 0.05) is 30.7 Å². The van der Waals surface area contributed by atoms with Crippen molar-refractivity contribution in [2.45, 2.75) is 58.2 Å². The molecule has 0 aliphatic carbocycles. The molecule has 0 spiro atoms. The van der Waals surface area contributed by atoms with Crippen LogP contribution in [0.5, 0.6) is 0 Å². The summed E-state index contributed by atoms with van der Waals surface area (Å²) in [6, 6.07) is 5.00. The summed E-state index contributed by atoms with van der Waals surface area (Å²) >= 11 is 1.44. The number of nitrogens with one attached hydrogen (secondary N) is 2. The normalized spacial score (nSPS) is 19.7. The van der Waals surface area contributed by atoms with Crippen LogP contribution in [-0.4, -0.2) is 22.5 Å². The zero-order valence-corrected chi connectivity index (χ0v) is 16.4. The fourth-order valence-corrected chi connectivity index (χ4v) is 4.35. The topological polar surface area (TPSA) is 57.3 Å². The third-order valence-electron chi connectivity index (χ3n) is 5.32. The maximum Gasteiger partial charge on any atom is 0.324 e. The van der Waals surface area contributed by atoms with E-state index in [9.17, 15) is 4.79 Å². The largest absolute Gasteiger partial charge is 0.324 e. The molecule has 2 aromatic rings. The van der Waals surface area contributed by atoms with E-state index in [1.165, 1.54) is 46.4 Å². The monoisotopic (exact) mass is 370 g/mol. The standard InChI is InChI=1S/C20H26N4OS/c1-20(2,3)14-9-13-11-24(19(25)23-18-22-7-8-26-18)12-16(13)15(10-14)17-5-4-6-21-17/h7-10,17,21H,4-6,11-12H2,1-3H3,(H,22,23,25)/t17-/m0/s1.